The van der Waals surface area contributed by atoms with Crippen LogP contribution in [0.15, 0.2) is 65.8 Å². The van der Waals surface area contributed by atoms with Crippen molar-refractivity contribution in [2.24, 2.45) is 0 Å². The molecule has 0 saturated heterocycles. The summed E-state index contributed by atoms with van der Waals surface area (Å²) >= 11 is 20.2. The highest BCUT2D eigenvalue weighted by Gasteiger charge is 2.26. The molecular weight excluding hydrogens is 543 g/mol. The number of ether oxygens (including phenoxy) is 1. The Morgan fingerprint density at radius 1 is 1.03 bits per heavy atom. The highest BCUT2D eigenvalue weighted by atomic mass is 35.5. The molecule has 0 amide bonds. The summed E-state index contributed by atoms with van der Waals surface area (Å²) in [4.78, 5) is 11.2. The van der Waals surface area contributed by atoms with Crippen LogP contribution in [0, 0.1) is 24.0 Å². The molecule has 186 valence electrons. The number of rotatable bonds is 9. The number of hydrogen-bond acceptors (Lipinski definition) is 6. The quantitative estimate of drug-likeness (QED) is 0.119. The van der Waals surface area contributed by atoms with Gasteiger partial charge < -0.3 is 4.74 Å². The number of thioether (sulfide) groups is 1. The van der Waals surface area contributed by atoms with Crippen LogP contribution in [-0.4, -0.2) is 26.2 Å². The van der Waals surface area contributed by atoms with Crippen LogP contribution in [-0.2, 0) is 6.61 Å². The molecule has 0 saturated carbocycles. The minimum Gasteiger partial charge on any atom is -0.486 e. The van der Waals surface area contributed by atoms with Crippen molar-refractivity contribution in [2.45, 2.75) is 30.9 Å². The minimum absolute atomic E-state index is 0.238. The lowest BCUT2D eigenvalue weighted by Gasteiger charge is -2.17. The van der Waals surface area contributed by atoms with E-state index in [1.54, 1.807) is 24.3 Å². The van der Waals surface area contributed by atoms with Gasteiger partial charge in [0.2, 0.25) is 6.54 Å². The van der Waals surface area contributed by atoms with E-state index in [2.05, 4.69) is 10.2 Å². The number of aryl methyl sites for hydroxylation is 2. The lowest BCUT2D eigenvalue weighted by Crippen LogP contribution is -2.11. The molecule has 36 heavy (non-hydrogen) atoms. The molecule has 0 N–H and O–H groups in total. The van der Waals surface area contributed by atoms with Gasteiger partial charge in [-0.1, -0.05) is 70.8 Å². The Morgan fingerprint density at radius 2 is 1.72 bits per heavy atom. The van der Waals surface area contributed by atoms with E-state index in [9.17, 15) is 10.1 Å². The summed E-state index contributed by atoms with van der Waals surface area (Å²) in [6.45, 7) is 3.71. The second kappa shape index (κ2) is 11.5. The van der Waals surface area contributed by atoms with Crippen LogP contribution >= 0.6 is 46.6 Å². The van der Waals surface area contributed by atoms with Gasteiger partial charge in [0.25, 0.3) is 0 Å². The van der Waals surface area contributed by atoms with Gasteiger partial charge in [0, 0.05) is 15.6 Å². The van der Waals surface area contributed by atoms with Crippen LogP contribution in [0.2, 0.25) is 15.1 Å². The van der Waals surface area contributed by atoms with Gasteiger partial charge in [-0.3, -0.25) is 14.7 Å². The first-order chi connectivity index (χ1) is 17.2. The van der Waals surface area contributed by atoms with E-state index in [4.69, 9.17) is 39.5 Å². The van der Waals surface area contributed by atoms with Crippen LogP contribution in [0.3, 0.4) is 0 Å². The molecule has 3 aromatic carbocycles. The average Bonchev–Trinajstić information content (AvgIpc) is 3.18. The third-order valence-corrected chi connectivity index (χ3v) is 7.30. The molecule has 0 fully saturated rings. The van der Waals surface area contributed by atoms with Crippen LogP contribution in [0.4, 0.5) is 0 Å². The first-order valence-electron chi connectivity index (χ1n) is 10.8. The van der Waals surface area contributed by atoms with E-state index in [0.717, 1.165) is 16.8 Å². The average molecular weight is 564 g/mol. The molecule has 0 spiro atoms. The molecule has 0 bridgehead atoms. The zero-order valence-corrected chi connectivity index (χ0v) is 22.4. The minimum atomic E-state index is -0.618. The lowest BCUT2D eigenvalue weighted by atomic mass is 10.1. The summed E-state index contributed by atoms with van der Waals surface area (Å²) in [5, 5.41) is 21.1. The van der Waals surface area contributed by atoms with Gasteiger partial charge in [0.05, 0.1) is 10.0 Å². The summed E-state index contributed by atoms with van der Waals surface area (Å²) in [5.74, 6) is 0.977. The number of nitrogens with zero attached hydrogens (tertiary/aromatic N) is 4. The van der Waals surface area contributed by atoms with Crippen molar-refractivity contribution in [2.75, 3.05) is 6.54 Å². The van der Waals surface area contributed by atoms with Crippen LogP contribution < -0.4 is 4.74 Å². The molecule has 0 aliphatic carbocycles. The van der Waals surface area contributed by atoms with Crippen LogP contribution in [0.5, 0.6) is 5.75 Å². The van der Waals surface area contributed by atoms with E-state index in [1.807, 2.05) is 54.8 Å². The maximum absolute atomic E-state index is 11.5. The Hall–Kier alpha value is -2.78. The second-order valence-electron chi connectivity index (χ2n) is 8.05. The van der Waals surface area contributed by atoms with Gasteiger partial charge >= 0.3 is 0 Å². The zero-order valence-electron chi connectivity index (χ0n) is 19.3. The molecule has 0 unspecified atom stereocenters. The fourth-order valence-electron chi connectivity index (χ4n) is 3.60. The van der Waals surface area contributed by atoms with Crippen molar-refractivity contribution < 1.29 is 9.66 Å². The van der Waals surface area contributed by atoms with Gasteiger partial charge in [0.15, 0.2) is 10.9 Å². The van der Waals surface area contributed by atoms with Gasteiger partial charge in [-0.25, -0.2) is 0 Å². The molecule has 11 heteroatoms. The lowest BCUT2D eigenvalue weighted by molar-refractivity contribution is -0.479. The van der Waals surface area contributed by atoms with Crippen molar-refractivity contribution in [3.63, 3.8) is 0 Å². The summed E-state index contributed by atoms with van der Waals surface area (Å²) < 4.78 is 7.72. The normalized spacial score (nSPS) is 11.9. The van der Waals surface area contributed by atoms with Crippen molar-refractivity contribution in [3.05, 3.63) is 108 Å². The highest BCUT2D eigenvalue weighted by molar-refractivity contribution is 7.99. The number of hydrogen-bond donors (Lipinski definition) is 0. The van der Waals surface area contributed by atoms with Crippen LogP contribution in [0.25, 0.3) is 5.69 Å². The maximum Gasteiger partial charge on any atom is 0.220 e. The second-order valence-corrected chi connectivity index (χ2v) is 10.5. The molecule has 4 rings (SSSR count). The van der Waals surface area contributed by atoms with Crippen molar-refractivity contribution in [1.82, 2.24) is 14.8 Å². The fraction of sp³-hybridized carbons (Fsp3) is 0.200. The molecule has 1 heterocycles. The van der Waals surface area contributed by atoms with Gasteiger partial charge in [-0.2, -0.15) is 0 Å². The van der Waals surface area contributed by atoms with Gasteiger partial charge in [-0.15, -0.1) is 10.2 Å². The van der Waals surface area contributed by atoms with E-state index >= 15 is 0 Å². The van der Waals surface area contributed by atoms with Crippen molar-refractivity contribution in [3.8, 4) is 11.4 Å². The van der Waals surface area contributed by atoms with Crippen molar-refractivity contribution in [1.29, 1.82) is 0 Å². The van der Waals surface area contributed by atoms with E-state index in [0.29, 0.717) is 27.3 Å². The Bertz CT molecular complexity index is 1370. The topological polar surface area (TPSA) is 83.1 Å². The molecule has 0 aliphatic rings. The SMILES string of the molecule is Cc1cccc(-n2c(C)nnc2S[C@H](C[N+](=O)[O-])c2cc(Cl)c(OCc3ccc(Cl)cc3)c(Cl)c2)c1. The molecule has 4 aromatic rings. The molecule has 0 radical (unpaired) electrons. The Kier molecular flexibility index (Phi) is 8.41. The highest BCUT2D eigenvalue weighted by Crippen LogP contribution is 2.42. The van der Waals surface area contributed by atoms with E-state index in [1.165, 1.54) is 11.8 Å². The Labute approximate surface area is 227 Å². The largest absolute Gasteiger partial charge is 0.486 e. The summed E-state index contributed by atoms with van der Waals surface area (Å²) in [6, 6.07) is 18.4. The Balaban J connectivity index is 1.62. The van der Waals surface area contributed by atoms with Gasteiger partial charge in [0.1, 0.15) is 17.7 Å². The summed E-state index contributed by atoms with van der Waals surface area (Å²) in [6.07, 6.45) is 0. The first kappa shape index (κ1) is 26.3. The zero-order chi connectivity index (χ0) is 25.8. The number of aromatic nitrogens is 3. The van der Waals surface area contributed by atoms with Gasteiger partial charge in [-0.05, 0) is 66.9 Å². The smallest absolute Gasteiger partial charge is 0.220 e. The third kappa shape index (κ3) is 6.31. The summed E-state index contributed by atoms with van der Waals surface area (Å²) in [7, 11) is 0. The first-order valence-corrected chi connectivity index (χ1v) is 12.9. The molecule has 1 atom stereocenters. The molecular formula is C25H21Cl3N4O3S. The number of nitro groups is 1. The Morgan fingerprint density at radius 3 is 2.36 bits per heavy atom. The van der Waals surface area contributed by atoms with E-state index < -0.39 is 5.25 Å². The molecule has 0 aliphatic heterocycles. The van der Waals surface area contributed by atoms with Crippen LogP contribution in [0.1, 0.15) is 27.8 Å². The third-order valence-electron chi connectivity index (χ3n) is 5.31. The monoisotopic (exact) mass is 562 g/mol. The van der Waals surface area contributed by atoms with E-state index in [-0.39, 0.29) is 28.1 Å². The number of benzene rings is 3. The molecule has 7 nitrogen and oxygen atoms in total. The predicted octanol–water partition coefficient (Wildman–Crippen LogP) is 7.53. The fourth-order valence-corrected chi connectivity index (χ4v) is 5.49. The molecule has 1 aromatic heterocycles. The standard InChI is InChI=1S/C25H21Cl3N4O3S/c1-15-4-3-5-20(10-15)32-16(2)29-30-25(32)36-23(13-31(33)34)18-11-21(27)24(22(28)12-18)35-14-17-6-8-19(26)9-7-17/h3-12,23H,13-14H2,1-2H3/t23-/m1/s1. The number of halogens is 3. The maximum atomic E-state index is 11.5. The predicted molar refractivity (Wildman–Crippen MR) is 144 cm³/mol. The van der Waals surface area contributed by atoms with Crippen molar-refractivity contribution >= 4 is 46.6 Å². The summed E-state index contributed by atoms with van der Waals surface area (Å²) in [5.41, 5.74) is 3.43.